The van der Waals surface area contributed by atoms with Crippen molar-refractivity contribution in [1.29, 1.82) is 0 Å². The summed E-state index contributed by atoms with van der Waals surface area (Å²) in [4.78, 5) is 42.6. The Morgan fingerprint density at radius 3 is 2.10 bits per heavy atom. The third-order valence-corrected chi connectivity index (χ3v) is 6.78. The fraction of sp³-hybridized carbons (Fsp3) is 0.625. The van der Waals surface area contributed by atoms with Crippen LogP contribution in [-0.2, 0) is 9.59 Å². The first-order valence-electron chi connectivity index (χ1n) is 11.5. The maximum absolute atomic E-state index is 13.4. The van der Waals surface area contributed by atoms with Crippen LogP contribution in [0.15, 0.2) is 24.3 Å². The molecule has 162 valence electrons. The van der Waals surface area contributed by atoms with Gasteiger partial charge in [0.2, 0.25) is 11.8 Å². The summed E-state index contributed by atoms with van der Waals surface area (Å²) in [5.41, 5.74) is 1.68. The van der Waals surface area contributed by atoms with Crippen molar-refractivity contribution in [3.8, 4) is 0 Å². The van der Waals surface area contributed by atoms with E-state index in [0.717, 1.165) is 63.6 Å². The van der Waals surface area contributed by atoms with Crippen molar-refractivity contribution in [2.45, 2.75) is 57.9 Å². The van der Waals surface area contributed by atoms with E-state index >= 15 is 0 Å². The normalized spacial score (nSPS) is 21.2. The lowest BCUT2D eigenvalue weighted by atomic mass is 9.87. The van der Waals surface area contributed by atoms with Crippen LogP contribution in [0.3, 0.4) is 0 Å². The van der Waals surface area contributed by atoms with Crippen LogP contribution >= 0.6 is 0 Å². The third kappa shape index (κ3) is 4.85. The Kier molecular flexibility index (Phi) is 6.40. The molecular formula is C24H33N3O3. The molecule has 1 atom stereocenters. The number of carbonyl (C=O) groups is 3. The molecule has 6 heteroatoms. The van der Waals surface area contributed by atoms with Gasteiger partial charge >= 0.3 is 0 Å². The lowest BCUT2D eigenvalue weighted by molar-refractivity contribution is -0.137. The number of aryl methyl sites for hydroxylation is 1. The monoisotopic (exact) mass is 411 g/mol. The second-order valence-electron chi connectivity index (χ2n) is 9.14. The molecule has 2 aliphatic heterocycles. The van der Waals surface area contributed by atoms with Gasteiger partial charge in [0, 0.05) is 37.7 Å². The van der Waals surface area contributed by atoms with Gasteiger partial charge in [-0.25, -0.2) is 0 Å². The number of hydrogen-bond donors (Lipinski definition) is 1. The van der Waals surface area contributed by atoms with Gasteiger partial charge in [-0.2, -0.15) is 0 Å². The van der Waals surface area contributed by atoms with E-state index in [9.17, 15) is 14.4 Å². The third-order valence-electron chi connectivity index (χ3n) is 6.78. The number of rotatable bonds is 5. The Bertz CT molecular complexity index is 773. The molecule has 0 radical (unpaired) electrons. The van der Waals surface area contributed by atoms with Crippen LogP contribution in [-0.4, -0.2) is 59.7 Å². The number of piperidine rings is 2. The van der Waals surface area contributed by atoms with Crippen LogP contribution in [0, 0.1) is 18.8 Å². The predicted molar refractivity (Wildman–Crippen MR) is 115 cm³/mol. The van der Waals surface area contributed by atoms with Gasteiger partial charge in [-0.1, -0.05) is 17.7 Å². The molecule has 4 rings (SSSR count). The number of benzene rings is 1. The molecule has 0 aromatic heterocycles. The van der Waals surface area contributed by atoms with Gasteiger partial charge in [0.1, 0.15) is 6.04 Å². The Morgan fingerprint density at radius 1 is 0.867 bits per heavy atom. The minimum absolute atomic E-state index is 0.0436. The minimum atomic E-state index is -0.518. The van der Waals surface area contributed by atoms with E-state index in [-0.39, 0.29) is 29.6 Å². The van der Waals surface area contributed by atoms with Crippen molar-refractivity contribution in [2.24, 2.45) is 11.8 Å². The number of nitrogens with one attached hydrogen (secondary N) is 1. The van der Waals surface area contributed by atoms with Gasteiger partial charge in [0.05, 0.1) is 0 Å². The first kappa shape index (κ1) is 20.9. The largest absolute Gasteiger partial charge is 0.342 e. The van der Waals surface area contributed by atoms with E-state index in [0.29, 0.717) is 18.7 Å². The van der Waals surface area contributed by atoms with Crippen LogP contribution < -0.4 is 5.32 Å². The summed E-state index contributed by atoms with van der Waals surface area (Å²) in [6.45, 7) is 4.90. The molecule has 6 nitrogen and oxygen atoms in total. The predicted octanol–water partition coefficient (Wildman–Crippen LogP) is 2.75. The van der Waals surface area contributed by atoms with Crippen molar-refractivity contribution in [2.75, 3.05) is 26.2 Å². The average Bonchev–Trinajstić information content (AvgIpc) is 3.63. The quantitative estimate of drug-likeness (QED) is 0.810. The molecule has 3 aliphatic rings. The Hall–Kier alpha value is -2.37. The zero-order valence-corrected chi connectivity index (χ0v) is 17.9. The number of carbonyl (C=O) groups excluding carboxylic acids is 3. The molecule has 1 aliphatic carbocycles. The highest BCUT2D eigenvalue weighted by Gasteiger charge is 2.39. The van der Waals surface area contributed by atoms with Crippen molar-refractivity contribution < 1.29 is 14.4 Å². The van der Waals surface area contributed by atoms with Crippen molar-refractivity contribution >= 4 is 17.7 Å². The SMILES string of the molecule is Cc1ccc(C(=O)N[C@H](C(=O)N2CCCCC2)C2CCN(C(=O)C3CC3)CC2)cc1. The van der Waals surface area contributed by atoms with Gasteiger partial charge in [-0.05, 0) is 69.9 Å². The standard InChI is InChI=1S/C24H33N3O3/c1-17-5-7-19(8-6-17)22(28)25-21(24(30)26-13-3-2-4-14-26)18-11-15-27(16-12-18)23(29)20-9-10-20/h5-8,18,20-21H,2-4,9-16H2,1H3,(H,25,28)/t21-/m0/s1. The highest BCUT2D eigenvalue weighted by Crippen LogP contribution is 2.33. The number of hydrogen-bond acceptors (Lipinski definition) is 3. The zero-order valence-electron chi connectivity index (χ0n) is 17.9. The van der Waals surface area contributed by atoms with Gasteiger partial charge in [-0.15, -0.1) is 0 Å². The molecule has 1 aromatic carbocycles. The van der Waals surface area contributed by atoms with E-state index in [1.807, 2.05) is 41.0 Å². The van der Waals surface area contributed by atoms with Gasteiger partial charge in [-0.3, -0.25) is 14.4 Å². The first-order valence-corrected chi connectivity index (χ1v) is 11.5. The number of likely N-dealkylation sites (tertiary alicyclic amines) is 2. The Balaban J connectivity index is 1.45. The average molecular weight is 412 g/mol. The molecule has 2 saturated heterocycles. The topological polar surface area (TPSA) is 69.7 Å². The lowest BCUT2D eigenvalue weighted by Crippen LogP contribution is -2.55. The smallest absolute Gasteiger partial charge is 0.251 e. The molecule has 0 unspecified atom stereocenters. The zero-order chi connectivity index (χ0) is 21.1. The molecule has 1 aromatic rings. The lowest BCUT2D eigenvalue weighted by Gasteiger charge is -2.38. The van der Waals surface area contributed by atoms with Crippen molar-refractivity contribution in [3.05, 3.63) is 35.4 Å². The van der Waals surface area contributed by atoms with Gasteiger partial charge < -0.3 is 15.1 Å². The van der Waals surface area contributed by atoms with E-state index in [1.165, 1.54) is 0 Å². The fourth-order valence-corrected chi connectivity index (χ4v) is 4.66. The van der Waals surface area contributed by atoms with Crippen molar-refractivity contribution in [1.82, 2.24) is 15.1 Å². The molecule has 3 fully saturated rings. The summed E-state index contributed by atoms with van der Waals surface area (Å²) in [6, 6.07) is 6.93. The second-order valence-corrected chi connectivity index (χ2v) is 9.14. The van der Waals surface area contributed by atoms with Crippen LogP contribution in [0.4, 0.5) is 0 Å². The Morgan fingerprint density at radius 2 is 1.50 bits per heavy atom. The minimum Gasteiger partial charge on any atom is -0.342 e. The summed E-state index contributed by atoms with van der Waals surface area (Å²) < 4.78 is 0. The van der Waals surface area contributed by atoms with Gasteiger partial charge in [0.25, 0.3) is 5.91 Å². The summed E-state index contributed by atoms with van der Waals surface area (Å²) >= 11 is 0. The molecule has 3 amide bonds. The number of amides is 3. The summed E-state index contributed by atoms with van der Waals surface area (Å²) in [5, 5.41) is 3.07. The fourth-order valence-electron chi connectivity index (χ4n) is 4.66. The van der Waals surface area contributed by atoms with Crippen LogP contribution in [0.1, 0.15) is 60.9 Å². The molecule has 1 N–H and O–H groups in total. The van der Waals surface area contributed by atoms with E-state index in [2.05, 4.69) is 5.32 Å². The van der Waals surface area contributed by atoms with Gasteiger partial charge in [0.15, 0.2) is 0 Å². The van der Waals surface area contributed by atoms with Crippen LogP contribution in [0.5, 0.6) is 0 Å². The summed E-state index contributed by atoms with van der Waals surface area (Å²) in [5.74, 6) is 0.422. The molecule has 0 spiro atoms. The second kappa shape index (κ2) is 9.19. The summed E-state index contributed by atoms with van der Waals surface area (Å²) in [7, 11) is 0. The number of nitrogens with zero attached hydrogens (tertiary/aromatic N) is 2. The van der Waals surface area contributed by atoms with E-state index in [1.54, 1.807) is 0 Å². The highest BCUT2D eigenvalue weighted by atomic mass is 16.2. The molecule has 30 heavy (non-hydrogen) atoms. The van der Waals surface area contributed by atoms with Crippen LogP contribution in [0.25, 0.3) is 0 Å². The summed E-state index contributed by atoms with van der Waals surface area (Å²) in [6.07, 6.45) is 6.76. The first-order chi connectivity index (χ1) is 14.5. The van der Waals surface area contributed by atoms with E-state index < -0.39 is 6.04 Å². The molecule has 2 heterocycles. The van der Waals surface area contributed by atoms with Crippen LogP contribution in [0.2, 0.25) is 0 Å². The van der Waals surface area contributed by atoms with Crippen molar-refractivity contribution in [3.63, 3.8) is 0 Å². The maximum atomic E-state index is 13.4. The highest BCUT2D eigenvalue weighted by molar-refractivity contribution is 5.97. The van der Waals surface area contributed by atoms with E-state index in [4.69, 9.17) is 0 Å². The molecule has 0 bridgehead atoms. The molecule has 1 saturated carbocycles. The molecular weight excluding hydrogens is 378 g/mol. The maximum Gasteiger partial charge on any atom is 0.251 e. The Labute approximate surface area is 179 Å².